The Morgan fingerprint density at radius 3 is 1.19 bits per heavy atom. The van der Waals surface area contributed by atoms with E-state index in [9.17, 15) is 9.59 Å². The number of esters is 2. The summed E-state index contributed by atoms with van der Waals surface area (Å²) in [6.07, 6.45) is 67.6. The van der Waals surface area contributed by atoms with Gasteiger partial charge in [-0.2, -0.15) is 0 Å². The molecule has 0 aromatic heterocycles. The maximum absolute atomic E-state index is 12.8. The van der Waals surface area contributed by atoms with Crippen LogP contribution in [0.15, 0.2) is 72.9 Å². The van der Waals surface area contributed by atoms with Crippen molar-refractivity contribution in [3.8, 4) is 0 Å². The molecule has 358 valence electrons. The number of hydrogen-bond donors (Lipinski definition) is 0. The van der Waals surface area contributed by atoms with Crippen LogP contribution in [-0.2, 0) is 23.8 Å². The SMILES string of the molecule is CC/C=C\C/C=C\C/C=C\C/C=C\C/C=C\CCCCCC(=O)OCC(COCCCCCCCCCCCCCC)OC(=O)CCCCCCC/C=C\CCCCCCCC. The minimum atomic E-state index is -0.553. The number of allylic oxidation sites excluding steroid dienone is 12. The van der Waals surface area contributed by atoms with Crippen LogP contribution in [0, 0.1) is 0 Å². The molecule has 0 amide bonds. The van der Waals surface area contributed by atoms with E-state index in [4.69, 9.17) is 14.2 Å². The van der Waals surface area contributed by atoms with Crippen molar-refractivity contribution in [2.24, 2.45) is 0 Å². The number of hydrogen-bond acceptors (Lipinski definition) is 5. The van der Waals surface area contributed by atoms with Crippen LogP contribution in [0.25, 0.3) is 0 Å². The maximum Gasteiger partial charge on any atom is 0.306 e. The van der Waals surface area contributed by atoms with Crippen LogP contribution in [-0.4, -0.2) is 37.9 Å². The van der Waals surface area contributed by atoms with E-state index >= 15 is 0 Å². The van der Waals surface area contributed by atoms with Crippen molar-refractivity contribution in [2.45, 2.75) is 258 Å². The Bertz CT molecular complexity index is 1110. The first-order valence-electron chi connectivity index (χ1n) is 26.5. The van der Waals surface area contributed by atoms with Crippen LogP contribution >= 0.6 is 0 Å². The van der Waals surface area contributed by atoms with Gasteiger partial charge >= 0.3 is 11.9 Å². The van der Waals surface area contributed by atoms with Crippen LogP contribution in [0.3, 0.4) is 0 Å². The molecule has 0 rings (SSSR count). The third-order valence-electron chi connectivity index (χ3n) is 11.2. The second-order valence-corrected chi connectivity index (χ2v) is 17.4. The molecule has 1 unspecified atom stereocenters. The highest BCUT2D eigenvalue weighted by Crippen LogP contribution is 2.14. The summed E-state index contributed by atoms with van der Waals surface area (Å²) in [6.45, 7) is 7.69. The van der Waals surface area contributed by atoms with Crippen LogP contribution in [0.1, 0.15) is 252 Å². The molecule has 0 aliphatic heterocycles. The fraction of sp³-hybridized carbons (Fsp3) is 0.754. The molecule has 5 heteroatoms. The molecule has 5 nitrogen and oxygen atoms in total. The molecule has 0 bridgehead atoms. The fourth-order valence-electron chi connectivity index (χ4n) is 7.30. The number of carbonyl (C=O) groups is 2. The van der Waals surface area contributed by atoms with E-state index in [1.807, 2.05) is 0 Å². The van der Waals surface area contributed by atoms with Crippen molar-refractivity contribution in [3.63, 3.8) is 0 Å². The van der Waals surface area contributed by atoms with Gasteiger partial charge in [0.2, 0.25) is 0 Å². The molecular formula is C57H100O5. The van der Waals surface area contributed by atoms with Crippen molar-refractivity contribution < 1.29 is 23.8 Å². The van der Waals surface area contributed by atoms with Crippen LogP contribution < -0.4 is 0 Å². The van der Waals surface area contributed by atoms with Gasteiger partial charge in [0.1, 0.15) is 6.61 Å². The summed E-state index contributed by atoms with van der Waals surface area (Å²) in [5, 5.41) is 0. The van der Waals surface area contributed by atoms with Gasteiger partial charge in [-0.1, -0.05) is 222 Å². The molecule has 0 spiro atoms. The first kappa shape index (κ1) is 59.3. The second kappa shape index (κ2) is 52.7. The largest absolute Gasteiger partial charge is 0.462 e. The van der Waals surface area contributed by atoms with E-state index in [-0.39, 0.29) is 25.2 Å². The molecule has 0 heterocycles. The minimum Gasteiger partial charge on any atom is -0.462 e. The van der Waals surface area contributed by atoms with Gasteiger partial charge in [0.25, 0.3) is 0 Å². The highest BCUT2D eigenvalue weighted by Gasteiger charge is 2.17. The zero-order valence-electron chi connectivity index (χ0n) is 41.1. The third-order valence-corrected chi connectivity index (χ3v) is 11.2. The highest BCUT2D eigenvalue weighted by atomic mass is 16.6. The molecule has 0 saturated carbocycles. The standard InChI is InChI=1S/C57H100O5/c1-4-7-10-13-16-19-22-25-27-28-29-30-32-33-35-38-41-44-47-50-56(58)61-54-55(53-60-52-49-46-43-40-37-24-21-18-15-12-9-6-3)62-57(59)51-48-45-42-39-36-34-31-26-23-20-17-14-11-8-5-2/h7,10,16,19,25-27,29-31,33,35,55H,4-6,8-9,11-15,17-18,20-24,28,32,34,36-54H2,1-3H3/b10-7-,19-16-,27-25-,30-29-,31-26-,35-33-. The molecule has 62 heavy (non-hydrogen) atoms. The molecular weight excluding hydrogens is 765 g/mol. The molecule has 0 aliphatic carbocycles. The smallest absolute Gasteiger partial charge is 0.306 e. The Morgan fingerprint density at radius 1 is 0.371 bits per heavy atom. The summed E-state index contributed by atoms with van der Waals surface area (Å²) < 4.78 is 17.4. The number of carbonyl (C=O) groups excluding carboxylic acids is 2. The van der Waals surface area contributed by atoms with Crippen molar-refractivity contribution in [3.05, 3.63) is 72.9 Å². The predicted molar refractivity (Wildman–Crippen MR) is 270 cm³/mol. The minimum absolute atomic E-state index is 0.0649. The topological polar surface area (TPSA) is 61.8 Å². The van der Waals surface area contributed by atoms with Crippen molar-refractivity contribution in [1.29, 1.82) is 0 Å². The summed E-state index contributed by atoms with van der Waals surface area (Å²) in [7, 11) is 0. The summed E-state index contributed by atoms with van der Waals surface area (Å²) in [5.41, 5.74) is 0. The van der Waals surface area contributed by atoms with Gasteiger partial charge in [0.05, 0.1) is 6.61 Å². The van der Waals surface area contributed by atoms with Crippen molar-refractivity contribution in [1.82, 2.24) is 0 Å². The monoisotopic (exact) mass is 865 g/mol. The molecule has 0 fully saturated rings. The zero-order valence-corrected chi connectivity index (χ0v) is 41.1. The van der Waals surface area contributed by atoms with E-state index in [0.717, 1.165) is 96.3 Å². The lowest BCUT2D eigenvalue weighted by molar-refractivity contribution is -0.163. The Labute approximate surface area is 385 Å². The van der Waals surface area contributed by atoms with Crippen molar-refractivity contribution in [2.75, 3.05) is 19.8 Å². The number of ether oxygens (including phenoxy) is 3. The Morgan fingerprint density at radius 2 is 0.726 bits per heavy atom. The molecule has 0 saturated heterocycles. The van der Waals surface area contributed by atoms with Gasteiger partial charge in [-0.25, -0.2) is 0 Å². The molecule has 0 radical (unpaired) electrons. The Hall–Kier alpha value is -2.66. The summed E-state index contributed by atoms with van der Waals surface area (Å²) in [4.78, 5) is 25.4. The number of rotatable bonds is 48. The molecule has 0 aromatic carbocycles. The normalized spacial score (nSPS) is 12.8. The van der Waals surface area contributed by atoms with E-state index in [1.54, 1.807) is 0 Å². The van der Waals surface area contributed by atoms with Crippen LogP contribution in [0.5, 0.6) is 0 Å². The lowest BCUT2D eigenvalue weighted by Crippen LogP contribution is -2.30. The van der Waals surface area contributed by atoms with E-state index in [1.165, 1.54) is 122 Å². The lowest BCUT2D eigenvalue weighted by Gasteiger charge is -2.18. The second-order valence-electron chi connectivity index (χ2n) is 17.4. The predicted octanol–water partition coefficient (Wildman–Crippen LogP) is 17.9. The first-order chi connectivity index (χ1) is 30.6. The lowest BCUT2D eigenvalue weighted by atomic mass is 10.1. The highest BCUT2D eigenvalue weighted by molar-refractivity contribution is 5.70. The summed E-state index contributed by atoms with van der Waals surface area (Å²) in [6, 6.07) is 0. The molecule has 0 N–H and O–H groups in total. The quantitative estimate of drug-likeness (QED) is 0.0346. The summed E-state index contributed by atoms with van der Waals surface area (Å²) >= 11 is 0. The fourth-order valence-corrected chi connectivity index (χ4v) is 7.30. The first-order valence-corrected chi connectivity index (χ1v) is 26.5. The summed E-state index contributed by atoms with van der Waals surface area (Å²) in [5.74, 6) is -0.438. The molecule has 0 aromatic rings. The average Bonchev–Trinajstić information content (AvgIpc) is 3.27. The van der Waals surface area contributed by atoms with Crippen LogP contribution in [0.4, 0.5) is 0 Å². The van der Waals surface area contributed by atoms with Gasteiger partial charge in [-0.05, 0) is 89.9 Å². The van der Waals surface area contributed by atoms with E-state index in [2.05, 4.69) is 93.7 Å². The molecule has 0 aliphatic rings. The number of unbranched alkanes of at least 4 members (excludes halogenated alkanes) is 25. The Kier molecular flexibility index (Phi) is 50.4. The third kappa shape index (κ3) is 50.0. The van der Waals surface area contributed by atoms with E-state index < -0.39 is 6.10 Å². The average molecular weight is 865 g/mol. The maximum atomic E-state index is 12.8. The molecule has 1 atom stereocenters. The zero-order chi connectivity index (χ0) is 44.9. The van der Waals surface area contributed by atoms with E-state index in [0.29, 0.717) is 19.4 Å². The van der Waals surface area contributed by atoms with Crippen molar-refractivity contribution >= 4 is 11.9 Å². The van der Waals surface area contributed by atoms with Gasteiger partial charge in [0, 0.05) is 19.4 Å². The van der Waals surface area contributed by atoms with Gasteiger partial charge < -0.3 is 14.2 Å². The van der Waals surface area contributed by atoms with Crippen LogP contribution in [0.2, 0.25) is 0 Å². The van der Waals surface area contributed by atoms with Gasteiger partial charge in [0.15, 0.2) is 6.10 Å². The van der Waals surface area contributed by atoms with Gasteiger partial charge in [-0.15, -0.1) is 0 Å². The Balaban J connectivity index is 4.32. The van der Waals surface area contributed by atoms with Gasteiger partial charge in [-0.3, -0.25) is 9.59 Å².